The van der Waals surface area contributed by atoms with Crippen LogP contribution in [0.1, 0.15) is 21.6 Å². The number of hydrogen-bond donors (Lipinski definition) is 2. The topological polar surface area (TPSA) is 115 Å². The van der Waals surface area contributed by atoms with Crippen molar-refractivity contribution in [1.82, 2.24) is 9.61 Å². The van der Waals surface area contributed by atoms with Crippen molar-refractivity contribution in [3.63, 3.8) is 0 Å². The largest absolute Gasteiger partial charge is 0.493 e. The molecular formula is C23H19N5O3. The molecule has 0 aliphatic rings. The zero-order chi connectivity index (χ0) is 22.0. The van der Waals surface area contributed by atoms with Gasteiger partial charge in [-0.25, -0.2) is 4.52 Å². The molecule has 0 aliphatic heterocycles. The van der Waals surface area contributed by atoms with E-state index in [9.17, 15) is 10.1 Å². The molecule has 1 amide bonds. The quantitative estimate of drug-likeness (QED) is 0.491. The van der Waals surface area contributed by atoms with Crippen LogP contribution in [-0.4, -0.2) is 22.6 Å². The lowest BCUT2D eigenvalue weighted by atomic mass is 10.1. The number of ether oxygens (including phenoxy) is 2. The summed E-state index contributed by atoms with van der Waals surface area (Å²) in [7, 11) is 1.58. The Morgan fingerprint density at radius 2 is 1.84 bits per heavy atom. The number of carbonyl (C=O) groups is 1. The highest BCUT2D eigenvalue weighted by Crippen LogP contribution is 2.33. The molecule has 0 bridgehead atoms. The number of hydrogen-bond acceptors (Lipinski definition) is 6. The molecule has 0 radical (unpaired) electrons. The Hall–Kier alpha value is -4.51. The van der Waals surface area contributed by atoms with Crippen molar-refractivity contribution in [1.29, 1.82) is 5.26 Å². The van der Waals surface area contributed by atoms with E-state index in [4.69, 9.17) is 15.2 Å². The summed E-state index contributed by atoms with van der Waals surface area (Å²) in [5.41, 5.74) is 8.21. The number of primary amides is 1. The second kappa shape index (κ2) is 8.08. The molecule has 2 heterocycles. The molecule has 0 unspecified atom stereocenters. The van der Waals surface area contributed by atoms with Crippen LogP contribution < -0.4 is 20.5 Å². The minimum absolute atomic E-state index is 0.0933. The molecular weight excluding hydrogens is 394 g/mol. The number of rotatable bonds is 6. The highest BCUT2D eigenvalue weighted by atomic mass is 16.5. The summed E-state index contributed by atoms with van der Waals surface area (Å²) in [4.78, 5) is 11.8. The molecule has 0 spiro atoms. The second-order valence-corrected chi connectivity index (χ2v) is 6.77. The first-order chi connectivity index (χ1) is 15.0. The van der Waals surface area contributed by atoms with Crippen LogP contribution in [-0.2, 0) is 0 Å². The molecule has 0 aliphatic carbocycles. The molecule has 154 valence electrons. The number of para-hydroxylation sites is 2. The first kappa shape index (κ1) is 19.8. The van der Waals surface area contributed by atoms with Crippen LogP contribution in [0.3, 0.4) is 0 Å². The van der Waals surface area contributed by atoms with Gasteiger partial charge >= 0.3 is 0 Å². The smallest absolute Gasteiger partial charge is 0.270 e. The molecule has 4 rings (SSSR count). The van der Waals surface area contributed by atoms with Crippen molar-refractivity contribution in [2.24, 2.45) is 5.73 Å². The maximum atomic E-state index is 11.8. The third kappa shape index (κ3) is 3.72. The van der Waals surface area contributed by atoms with E-state index in [1.54, 1.807) is 25.4 Å². The number of nitrogens with two attached hydrogens (primary N) is 1. The molecule has 31 heavy (non-hydrogen) atoms. The average Bonchev–Trinajstić information content (AvgIpc) is 3.15. The van der Waals surface area contributed by atoms with Gasteiger partial charge in [0.2, 0.25) is 0 Å². The van der Waals surface area contributed by atoms with E-state index in [-0.39, 0.29) is 11.3 Å². The summed E-state index contributed by atoms with van der Waals surface area (Å²) in [5.74, 6) is 1.08. The maximum Gasteiger partial charge on any atom is 0.270 e. The molecule has 8 heteroatoms. The van der Waals surface area contributed by atoms with Crippen molar-refractivity contribution in [2.45, 2.75) is 6.92 Å². The molecule has 0 saturated carbocycles. The predicted molar refractivity (Wildman–Crippen MR) is 116 cm³/mol. The first-order valence-corrected chi connectivity index (χ1v) is 9.41. The van der Waals surface area contributed by atoms with Crippen LogP contribution in [0.25, 0.3) is 5.52 Å². The Morgan fingerprint density at radius 3 is 2.48 bits per heavy atom. The zero-order valence-electron chi connectivity index (χ0n) is 16.9. The van der Waals surface area contributed by atoms with Crippen molar-refractivity contribution in [2.75, 3.05) is 12.4 Å². The molecule has 3 N–H and O–H groups in total. The summed E-state index contributed by atoms with van der Waals surface area (Å²) < 4.78 is 12.7. The number of fused-ring (bicyclic) bond motifs is 1. The monoisotopic (exact) mass is 413 g/mol. The Morgan fingerprint density at radius 1 is 1.13 bits per heavy atom. The molecule has 0 atom stereocenters. The summed E-state index contributed by atoms with van der Waals surface area (Å²) >= 11 is 0. The lowest BCUT2D eigenvalue weighted by Gasteiger charge is -2.14. The van der Waals surface area contributed by atoms with E-state index in [1.807, 2.05) is 49.4 Å². The number of amides is 1. The number of nitriles is 1. The normalized spacial score (nSPS) is 10.5. The standard InChI is InChI=1S/C23H19N5O3/c1-14-11-12-28-22(14)20(17(13-24)21(27-28)23(25)29)26-15-7-9-16(10-8-15)31-19-6-4-3-5-18(19)30-2/h3-12,26H,1-2H3,(H2,25,29). The van der Waals surface area contributed by atoms with Gasteiger partial charge in [-0.15, -0.1) is 0 Å². The minimum atomic E-state index is -0.770. The maximum absolute atomic E-state index is 11.8. The van der Waals surface area contributed by atoms with E-state index < -0.39 is 5.91 Å². The highest BCUT2D eigenvalue weighted by Gasteiger charge is 2.20. The van der Waals surface area contributed by atoms with Gasteiger partial charge in [0.1, 0.15) is 17.4 Å². The van der Waals surface area contributed by atoms with Gasteiger partial charge in [-0.2, -0.15) is 10.4 Å². The van der Waals surface area contributed by atoms with E-state index >= 15 is 0 Å². The molecule has 0 fully saturated rings. The van der Waals surface area contributed by atoms with Gasteiger partial charge in [0.25, 0.3) is 5.91 Å². The van der Waals surface area contributed by atoms with E-state index in [2.05, 4.69) is 16.5 Å². The van der Waals surface area contributed by atoms with E-state index in [0.29, 0.717) is 34.1 Å². The Balaban J connectivity index is 1.69. The second-order valence-electron chi connectivity index (χ2n) is 6.77. The van der Waals surface area contributed by atoms with Crippen LogP contribution in [0.15, 0.2) is 60.8 Å². The molecule has 2 aromatic heterocycles. The fourth-order valence-electron chi connectivity index (χ4n) is 3.29. The van der Waals surface area contributed by atoms with Gasteiger partial charge in [0.15, 0.2) is 17.2 Å². The fraction of sp³-hybridized carbons (Fsp3) is 0.0870. The number of carbonyl (C=O) groups excluding carboxylic acids is 1. The first-order valence-electron chi connectivity index (χ1n) is 9.41. The van der Waals surface area contributed by atoms with Crippen molar-refractivity contribution in [3.8, 4) is 23.3 Å². The number of nitrogens with zero attached hydrogens (tertiary/aromatic N) is 3. The van der Waals surface area contributed by atoms with Crippen molar-refractivity contribution in [3.05, 3.63) is 77.6 Å². The van der Waals surface area contributed by atoms with Crippen LogP contribution >= 0.6 is 0 Å². The van der Waals surface area contributed by atoms with Gasteiger partial charge in [-0.1, -0.05) is 12.1 Å². The number of methoxy groups -OCH3 is 1. The van der Waals surface area contributed by atoms with Crippen LogP contribution in [0.4, 0.5) is 11.4 Å². The molecule has 8 nitrogen and oxygen atoms in total. The van der Waals surface area contributed by atoms with E-state index in [1.165, 1.54) is 4.52 Å². The van der Waals surface area contributed by atoms with Crippen molar-refractivity contribution < 1.29 is 14.3 Å². The summed E-state index contributed by atoms with van der Waals surface area (Å²) in [6, 6.07) is 18.5. The Labute approximate surface area is 178 Å². The summed E-state index contributed by atoms with van der Waals surface area (Å²) in [6.45, 7) is 1.90. The number of anilines is 2. The lowest BCUT2D eigenvalue weighted by Crippen LogP contribution is -2.18. The number of aryl methyl sites for hydroxylation is 1. The number of aromatic nitrogens is 2. The molecule has 4 aromatic rings. The molecule has 2 aromatic carbocycles. The third-order valence-corrected chi connectivity index (χ3v) is 4.77. The van der Waals surface area contributed by atoms with Crippen LogP contribution in [0, 0.1) is 18.3 Å². The minimum Gasteiger partial charge on any atom is -0.493 e. The number of nitrogens with one attached hydrogen (secondary N) is 1. The Kier molecular flexibility index (Phi) is 5.16. The van der Waals surface area contributed by atoms with Gasteiger partial charge < -0.3 is 20.5 Å². The fourth-order valence-corrected chi connectivity index (χ4v) is 3.29. The molecule has 0 saturated heterocycles. The number of benzene rings is 2. The van der Waals surface area contributed by atoms with Gasteiger partial charge in [-0.3, -0.25) is 4.79 Å². The van der Waals surface area contributed by atoms with Gasteiger partial charge in [-0.05, 0) is 55.0 Å². The zero-order valence-corrected chi connectivity index (χ0v) is 16.9. The van der Waals surface area contributed by atoms with Gasteiger partial charge in [0.05, 0.1) is 18.3 Å². The predicted octanol–water partition coefficient (Wildman–Crippen LogP) is 4.16. The summed E-state index contributed by atoms with van der Waals surface area (Å²) in [6.07, 6.45) is 1.72. The third-order valence-electron chi connectivity index (χ3n) is 4.77. The average molecular weight is 413 g/mol. The lowest BCUT2D eigenvalue weighted by molar-refractivity contribution is 0.0994. The summed E-state index contributed by atoms with van der Waals surface area (Å²) in [5, 5.41) is 17.1. The SMILES string of the molecule is COc1ccccc1Oc1ccc(Nc2c(C#N)c(C(N)=O)nn3ccc(C)c23)cc1. The van der Waals surface area contributed by atoms with Crippen LogP contribution in [0.5, 0.6) is 17.2 Å². The van der Waals surface area contributed by atoms with E-state index in [0.717, 1.165) is 5.56 Å². The van der Waals surface area contributed by atoms with Crippen molar-refractivity contribution >= 4 is 22.8 Å². The van der Waals surface area contributed by atoms with Crippen LogP contribution in [0.2, 0.25) is 0 Å². The highest BCUT2D eigenvalue weighted by molar-refractivity contribution is 5.98. The Bertz CT molecular complexity index is 1320. The van der Waals surface area contributed by atoms with Gasteiger partial charge in [0, 0.05) is 11.9 Å².